The van der Waals surface area contributed by atoms with E-state index in [0.717, 1.165) is 17.1 Å². The number of hydrogen-bond donors (Lipinski definition) is 1. The summed E-state index contributed by atoms with van der Waals surface area (Å²) in [6.07, 6.45) is 0. The van der Waals surface area contributed by atoms with Crippen molar-refractivity contribution >= 4 is 22.9 Å². The van der Waals surface area contributed by atoms with E-state index in [0.29, 0.717) is 0 Å². The van der Waals surface area contributed by atoms with Gasteiger partial charge in [-0.25, -0.2) is 0 Å². The van der Waals surface area contributed by atoms with Gasteiger partial charge in [-0.05, 0) is 37.0 Å². The molecule has 1 aromatic carbocycles. The smallest absolute Gasteiger partial charge is 0.0519 e. The molecular formula is C15H19ClN2S. The molecule has 2 N–H and O–H groups in total. The fourth-order valence-electron chi connectivity index (χ4n) is 2.11. The molecule has 0 amide bonds. The Hall–Kier alpha value is -0.870. The molecule has 19 heavy (non-hydrogen) atoms. The van der Waals surface area contributed by atoms with Crippen molar-refractivity contribution in [2.75, 3.05) is 13.6 Å². The van der Waals surface area contributed by atoms with E-state index in [1.807, 2.05) is 24.3 Å². The lowest BCUT2D eigenvalue weighted by Crippen LogP contribution is -2.31. The number of thiophene rings is 1. The standard InChI is InChI=1S/C15H19ClN2S/c1-11(12-6-3-4-7-13(12)16)18(2)10-14(17)15-8-5-9-19-15/h3-9,11,14H,10,17H2,1-2H3. The Morgan fingerprint density at radius 3 is 2.63 bits per heavy atom. The van der Waals surface area contributed by atoms with Gasteiger partial charge in [0.1, 0.15) is 0 Å². The number of nitrogens with two attached hydrogens (primary N) is 1. The average Bonchev–Trinajstić information content (AvgIpc) is 2.92. The Bertz CT molecular complexity index is 513. The van der Waals surface area contributed by atoms with Crippen LogP contribution >= 0.6 is 22.9 Å². The second-order valence-electron chi connectivity index (χ2n) is 4.76. The Morgan fingerprint density at radius 2 is 2.00 bits per heavy atom. The molecule has 1 heterocycles. The first-order valence-corrected chi connectivity index (χ1v) is 7.59. The zero-order valence-corrected chi connectivity index (χ0v) is 12.8. The lowest BCUT2D eigenvalue weighted by atomic mass is 10.1. The van der Waals surface area contributed by atoms with Crippen molar-refractivity contribution in [2.45, 2.75) is 19.0 Å². The van der Waals surface area contributed by atoms with Crippen LogP contribution < -0.4 is 5.73 Å². The number of benzene rings is 1. The molecule has 2 nitrogen and oxygen atoms in total. The van der Waals surface area contributed by atoms with E-state index in [1.165, 1.54) is 4.88 Å². The molecule has 2 rings (SSSR count). The van der Waals surface area contributed by atoms with Crippen LogP contribution in [0, 0.1) is 0 Å². The van der Waals surface area contributed by atoms with Gasteiger partial charge in [-0.15, -0.1) is 11.3 Å². The average molecular weight is 295 g/mol. The summed E-state index contributed by atoms with van der Waals surface area (Å²) < 4.78 is 0. The van der Waals surface area contributed by atoms with Crippen molar-refractivity contribution in [1.82, 2.24) is 4.90 Å². The van der Waals surface area contributed by atoms with Crippen LogP contribution in [0.3, 0.4) is 0 Å². The lowest BCUT2D eigenvalue weighted by molar-refractivity contribution is 0.247. The summed E-state index contributed by atoms with van der Waals surface area (Å²) in [5, 5.41) is 2.87. The number of nitrogens with zero attached hydrogens (tertiary/aromatic N) is 1. The van der Waals surface area contributed by atoms with Crippen LogP contribution in [0.5, 0.6) is 0 Å². The van der Waals surface area contributed by atoms with Gasteiger partial charge in [0.05, 0.1) is 6.04 Å². The maximum Gasteiger partial charge on any atom is 0.0519 e. The van der Waals surface area contributed by atoms with Crippen molar-refractivity contribution < 1.29 is 0 Å². The molecule has 2 atom stereocenters. The fourth-order valence-corrected chi connectivity index (χ4v) is 3.13. The van der Waals surface area contributed by atoms with Gasteiger partial charge in [-0.1, -0.05) is 35.9 Å². The third-order valence-corrected chi connectivity index (χ3v) is 4.76. The van der Waals surface area contributed by atoms with Crippen molar-refractivity contribution in [2.24, 2.45) is 5.73 Å². The molecule has 0 aliphatic rings. The summed E-state index contributed by atoms with van der Waals surface area (Å²) in [6, 6.07) is 12.4. The van der Waals surface area contributed by atoms with E-state index < -0.39 is 0 Å². The quantitative estimate of drug-likeness (QED) is 0.900. The number of rotatable bonds is 5. The highest BCUT2D eigenvalue weighted by molar-refractivity contribution is 7.10. The summed E-state index contributed by atoms with van der Waals surface area (Å²) in [4.78, 5) is 3.46. The van der Waals surface area contributed by atoms with Gasteiger partial charge in [0, 0.05) is 22.5 Å². The summed E-state index contributed by atoms with van der Waals surface area (Å²) >= 11 is 7.95. The number of halogens is 1. The van der Waals surface area contributed by atoms with Crippen LogP contribution in [0.25, 0.3) is 0 Å². The SMILES string of the molecule is CC(c1ccccc1Cl)N(C)CC(N)c1cccs1. The lowest BCUT2D eigenvalue weighted by Gasteiger charge is -2.28. The maximum atomic E-state index is 6.24. The third kappa shape index (κ3) is 3.57. The Balaban J connectivity index is 2.04. The largest absolute Gasteiger partial charge is 0.322 e. The molecular weight excluding hydrogens is 276 g/mol. The van der Waals surface area contributed by atoms with Crippen molar-refractivity contribution in [1.29, 1.82) is 0 Å². The monoisotopic (exact) mass is 294 g/mol. The van der Waals surface area contributed by atoms with Gasteiger partial charge in [0.25, 0.3) is 0 Å². The van der Waals surface area contributed by atoms with Gasteiger partial charge >= 0.3 is 0 Å². The van der Waals surface area contributed by atoms with Gasteiger partial charge in [0.2, 0.25) is 0 Å². The summed E-state index contributed by atoms with van der Waals surface area (Å²) in [5.41, 5.74) is 7.37. The topological polar surface area (TPSA) is 29.3 Å². The third-order valence-electron chi connectivity index (χ3n) is 3.41. The molecule has 0 fully saturated rings. The molecule has 0 radical (unpaired) electrons. The number of hydrogen-bond acceptors (Lipinski definition) is 3. The van der Waals surface area contributed by atoms with E-state index in [-0.39, 0.29) is 12.1 Å². The van der Waals surface area contributed by atoms with E-state index >= 15 is 0 Å². The van der Waals surface area contributed by atoms with Crippen LogP contribution in [-0.2, 0) is 0 Å². The maximum absolute atomic E-state index is 6.24. The van der Waals surface area contributed by atoms with Gasteiger partial charge in [-0.2, -0.15) is 0 Å². The minimum absolute atomic E-state index is 0.0509. The molecule has 102 valence electrons. The van der Waals surface area contributed by atoms with E-state index in [2.05, 4.69) is 36.4 Å². The van der Waals surface area contributed by atoms with Crippen LogP contribution in [0.1, 0.15) is 29.4 Å². The van der Waals surface area contributed by atoms with E-state index in [4.69, 9.17) is 17.3 Å². The molecule has 0 saturated heterocycles. The predicted octanol–water partition coefficient (Wildman–Crippen LogP) is 4.09. The van der Waals surface area contributed by atoms with Crippen LogP contribution in [0.4, 0.5) is 0 Å². The molecule has 2 aromatic rings. The normalized spacial score (nSPS) is 14.6. The molecule has 2 unspecified atom stereocenters. The Morgan fingerprint density at radius 1 is 1.26 bits per heavy atom. The van der Waals surface area contributed by atoms with Gasteiger partial charge < -0.3 is 5.73 Å². The number of likely N-dealkylation sites (N-methyl/N-ethyl adjacent to an activating group) is 1. The molecule has 0 spiro atoms. The molecule has 4 heteroatoms. The molecule has 0 aliphatic heterocycles. The molecule has 1 aromatic heterocycles. The van der Waals surface area contributed by atoms with Gasteiger partial charge in [0.15, 0.2) is 0 Å². The highest BCUT2D eigenvalue weighted by atomic mass is 35.5. The highest BCUT2D eigenvalue weighted by Crippen LogP contribution is 2.27. The minimum Gasteiger partial charge on any atom is -0.322 e. The summed E-state index contributed by atoms with van der Waals surface area (Å²) in [7, 11) is 2.08. The van der Waals surface area contributed by atoms with Crippen molar-refractivity contribution in [3.05, 3.63) is 57.2 Å². The fraction of sp³-hybridized carbons (Fsp3) is 0.333. The highest BCUT2D eigenvalue weighted by Gasteiger charge is 2.17. The molecule has 0 bridgehead atoms. The van der Waals surface area contributed by atoms with E-state index in [9.17, 15) is 0 Å². The van der Waals surface area contributed by atoms with Crippen molar-refractivity contribution in [3.8, 4) is 0 Å². The zero-order valence-electron chi connectivity index (χ0n) is 11.2. The Kier molecular flexibility index (Phi) is 4.99. The zero-order chi connectivity index (χ0) is 13.8. The summed E-state index contributed by atoms with van der Waals surface area (Å²) in [6.45, 7) is 2.97. The summed E-state index contributed by atoms with van der Waals surface area (Å²) in [5.74, 6) is 0. The van der Waals surface area contributed by atoms with Crippen molar-refractivity contribution in [3.63, 3.8) is 0 Å². The second kappa shape index (κ2) is 6.53. The van der Waals surface area contributed by atoms with E-state index in [1.54, 1.807) is 11.3 Å². The first-order valence-electron chi connectivity index (χ1n) is 6.33. The van der Waals surface area contributed by atoms with Crippen LogP contribution in [0.2, 0.25) is 5.02 Å². The predicted molar refractivity (Wildman–Crippen MR) is 83.7 cm³/mol. The minimum atomic E-state index is 0.0509. The van der Waals surface area contributed by atoms with Crippen LogP contribution in [0.15, 0.2) is 41.8 Å². The van der Waals surface area contributed by atoms with Crippen LogP contribution in [-0.4, -0.2) is 18.5 Å². The second-order valence-corrected chi connectivity index (χ2v) is 6.15. The van der Waals surface area contributed by atoms with Gasteiger partial charge in [-0.3, -0.25) is 4.90 Å². The molecule has 0 aliphatic carbocycles. The first kappa shape index (κ1) is 14.5. The molecule has 0 saturated carbocycles. The first-order chi connectivity index (χ1) is 9.09. The Labute approximate surface area is 123 Å².